The van der Waals surface area contributed by atoms with Gasteiger partial charge < -0.3 is 0 Å². The molecule has 5 heteroatoms. The number of nitro groups is 1. The van der Waals surface area contributed by atoms with Crippen LogP contribution in [0.25, 0.3) is 0 Å². The van der Waals surface area contributed by atoms with Crippen molar-refractivity contribution in [3.05, 3.63) is 38.3 Å². The van der Waals surface area contributed by atoms with E-state index in [2.05, 4.69) is 45.7 Å². The number of rotatable bonds is 5. The van der Waals surface area contributed by atoms with Gasteiger partial charge in [0, 0.05) is 10.9 Å². The lowest BCUT2D eigenvalue weighted by Crippen LogP contribution is -2.13. The minimum absolute atomic E-state index is 0.138. The predicted molar refractivity (Wildman–Crippen MR) is 76.7 cm³/mol. The molecule has 2 atom stereocenters. The zero-order valence-electron chi connectivity index (χ0n) is 9.82. The number of alkyl halides is 1. The Labute approximate surface area is 118 Å². The first-order valence-electron chi connectivity index (χ1n) is 5.53. The van der Waals surface area contributed by atoms with E-state index in [1.165, 1.54) is 6.07 Å². The van der Waals surface area contributed by atoms with E-state index in [-0.39, 0.29) is 10.6 Å². The highest BCUT2D eigenvalue weighted by atomic mass is 79.9. The van der Waals surface area contributed by atoms with Crippen LogP contribution in [0.15, 0.2) is 22.7 Å². The Hall–Kier alpha value is -0.420. The van der Waals surface area contributed by atoms with E-state index in [0.717, 1.165) is 18.4 Å². The summed E-state index contributed by atoms with van der Waals surface area (Å²) in [6.45, 7) is 4.24. The Morgan fingerprint density at radius 1 is 1.47 bits per heavy atom. The van der Waals surface area contributed by atoms with Gasteiger partial charge in [-0.2, -0.15) is 0 Å². The molecule has 1 aromatic carbocycles. The quantitative estimate of drug-likeness (QED) is 0.431. The number of nitrogens with zero attached hydrogens (tertiary/aromatic N) is 1. The molecule has 2 unspecified atom stereocenters. The molecule has 0 heterocycles. The van der Waals surface area contributed by atoms with E-state index in [1.54, 1.807) is 6.07 Å². The third kappa shape index (κ3) is 3.78. The molecular formula is C12H15Br2NO2. The zero-order chi connectivity index (χ0) is 13.0. The van der Waals surface area contributed by atoms with Crippen LogP contribution >= 0.6 is 31.9 Å². The molecule has 0 radical (unpaired) electrons. The van der Waals surface area contributed by atoms with Crippen molar-refractivity contribution in [2.45, 2.75) is 31.5 Å². The largest absolute Gasteiger partial charge is 0.283 e. The monoisotopic (exact) mass is 363 g/mol. The van der Waals surface area contributed by atoms with Gasteiger partial charge in [0.2, 0.25) is 0 Å². The van der Waals surface area contributed by atoms with Crippen molar-refractivity contribution in [3.63, 3.8) is 0 Å². The molecule has 0 spiro atoms. The Balaban J connectivity index is 2.99. The summed E-state index contributed by atoms with van der Waals surface area (Å²) in [5.41, 5.74) is 1.14. The second kappa shape index (κ2) is 6.50. The van der Waals surface area contributed by atoms with E-state index in [9.17, 15) is 10.1 Å². The molecule has 1 aromatic rings. The molecule has 0 amide bonds. The summed E-state index contributed by atoms with van der Waals surface area (Å²) in [7, 11) is 0. The third-order valence-electron chi connectivity index (χ3n) is 2.91. The number of nitro benzene ring substituents is 1. The topological polar surface area (TPSA) is 43.1 Å². The van der Waals surface area contributed by atoms with Crippen LogP contribution in [0.2, 0.25) is 0 Å². The van der Waals surface area contributed by atoms with Gasteiger partial charge in [0.25, 0.3) is 5.69 Å². The summed E-state index contributed by atoms with van der Waals surface area (Å²) >= 11 is 6.91. The number of halogens is 2. The van der Waals surface area contributed by atoms with Crippen LogP contribution in [0.3, 0.4) is 0 Å². The van der Waals surface area contributed by atoms with Crippen molar-refractivity contribution < 1.29 is 4.92 Å². The van der Waals surface area contributed by atoms with Gasteiger partial charge >= 0.3 is 0 Å². The Kier molecular flexibility index (Phi) is 5.59. The molecule has 1 rings (SSSR count). The molecule has 0 aromatic heterocycles. The average Bonchev–Trinajstić information content (AvgIpc) is 2.26. The summed E-state index contributed by atoms with van der Waals surface area (Å²) in [4.78, 5) is 10.9. The molecule has 0 saturated carbocycles. The van der Waals surface area contributed by atoms with Gasteiger partial charge in [-0.1, -0.05) is 48.3 Å². The molecule has 17 heavy (non-hydrogen) atoms. The van der Waals surface area contributed by atoms with E-state index < -0.39 is 0 Å². The Morgan fingerprint density at radius 3 is 2.59 bits per heavy atom. The standard InChI is InChI=1S/C12H15Br2NO2/c1-3-9(8(2)13)7-10-5-4-6-11(12(10)14)15(16)17/h4-6,8-9H,3,7H2,1-2H3. The smallest absolute Gasteiger partial charge is 0.258 e. The van der Waals surface area contributed by atoms with E-state index in [1.807, 2.05) is 6.07 Å². The lowest BCUT2D eigenvalue weighted by molar-refractivity contribution is -0.385. The fraction of sp³-hybridized carbons (Fsp3) is 0.500. The average molecular weight is 365 g/mol. The van der Waals surface area contributed by atoms with Crippen LogP contribution in [0.1, 0.15) is 25.8 Å². The minimum atomic E-state index is -0.355. The van der Waals surface area contributed by atoms with Gasteiger partial charge in [0.1, 0.15) is 0 Å². The number of hydrogen-bond donors (Lipinski definition) is 0. The number of benzene rings is 1. The van der Waals surface area contributed by atoms with Crippen LogP contribution in [-0.4, -0.2) is 9.75 Å². The van der Waals surface area contributed by atoms with Gasteiger partial charge in [0.15, 0.2) is 0 Å². The van der Waals surface area contributed by atoms with Gasteiger partial charge in [-0.3, -0.25) is 10.1 Å². The maximum Gasteiger partial charge on any atom is 0.283 e. The first kappa shape index (κ1) is 14.6. The van der Waals surface area contributed by atoms with Gasteiger partial charge in [0.05, 0.1) is 9.40 Å². The highest BCUT2D eigenvalue weighted by molar-refractivity contribution is 9.10. The predicted octanol–water partition coefficient (Wildman–Crippen LogP) is 4.71. The molecule has 94 valence electrons. The van der Waals surface area contributed by atoms with Gasteiger partial charge in [-0.25, -0.2) is 0 Å². The summed E-state index contributed by atoms with van der Waals surface area (Å²) in [6.07, 6.45) is 1.88. The van der Waals surface area contributed by atoms with Gasteiger partial charge in [-0.05, 0) is 33.8 Å². The molecule has 0 aliphatic heterocycles. The summed E-state index contributed by atoms with van der Waals surface area (Å²) in [6, 6.07) is 5.20. The third-order valence-corrected chi connectivity index (χ3v) is 4.57. The lowest BCUT2D eigenvalue weighted by atomic mass is 9.94. The van der Waals surface area contributed by atoms with Crippen molar-refractivity contribution in [1.82, 2.24) is 0 Å². The van der Waals surface area contributed by atoms with Crippen molar-refractivity contribution in [1.29, 1.82) is 0 Å². The summed E-state index contributed by atoms with van der Waals surface area (Å²) in [5, 5.41) is 10.8. The maximum atomic E-state index is 10.8. The molecule has 0 fully saturated rings. The molecule has 0 aliphatic rings. The van der Waals surface area contributed by atoms with Crippen molar-refractivity contribution >= 4 is 37.5 Å². The van der Waals surface area contributed by atoms with E-state index in [4.69, 9.17) is 0 Å². The van der Waals surface area contributed by atoms with Crippen LogP contribution in [-0.2, 0) is 6.42 Å². The van der Waals surface area contributed by atoms with E-state index >= 15 is 0 Å². The Morgan fingerprint density at radius 2 is 2.12 bits per heavy atom. The van der Waals surface area contributed by atoms with Crippen LogP contribution in [0, 0.1) is 16.0 Å². The van der Waals surface area contributed by atoms with Crippen molar-refractivity contribution in [3.8, 4) is 0 Å². The molecule has 0 saturated heterocycles. The molecule has 0 aliphatic carbocycles. The second-order valence-corrected chi connectivity index (χ2v) is 6.29. The maximum absolute atomic E-state index is 10.8. The summed E-state index contributed by atoms with van der Waals surface area (Å²) < 4.78 is 0.608. The molecule has 0 bridgehead atoms. The first-order valence-corrected chi connectivity index (χ1v) is 7.24. The number of hydrogen-bond acceptors (Lipinski definition) is 2. The van der Waals surface area contributed by atoms with Crippen LogP contribution < -0.4 is 0 Å². The molecular weight excluding hydrogens is 350 g/mol. The fourth-order valence-electron chi connectivity index (χ4n) is 1.78. The molecule has 0 N–H and O–H groups in total. The zero-order valence-corrected chi connectivity index (χ0v) is 13.0. The first-order chi connectivity index (χ1) is 7.97. The van der Waals surface area contributed by atoms with Gasteiger partial charge in [-0.15, -0.1) is 0 Å². The Bertz CT molecular complexity index is 407. The minimum Gasteiger partial charge on any atom is -0.258 e. The highest BCUT2D eigenvalue weighted by Gasteiger charge is 2.19. The second-order valence-electron chi connectivity index (χ2n) is 4.06. The normalized spacial score (nSPS) is 14.4. The SMILES string of the molecule is CCC(Cc1cccc([N+](=O)[O-])c1Br)C(C)Br. The fourth-order valence-corrected chi connectivity index (χ4v) is 2.91. The highest BCUT2D eigenvalue weighted by Crippen LogP contribution is 2.31. The summed E-state index contributed by atoms with van der Waals surface area (Å²) in [5.74, 6) is 0.480. The van der Waals surface area contributed by atoms with Crippen LogP contribution in [0.5, 0.6) is 0 Å². The molecule has 3 nitrogen and oxygen atoms in total. The van der Waals surface area contributed by atoms with Crippen molar-refractivity contribution in [2.24, 2.45) is 5.92 Å². The van der Waals surface area contributed by atoms with E-state index in [0.29, 0.717) is 15.2 Å². The van der Waals surface area contributed by atoms with Crippen molar-refractivity contribution in [2.75, 3.05) is 0 Å². The lowest BCUT2D eigenvalue weighted by Gasteiger charge is -2.18. The van der Waals surface area contributed by atoms with Crippen LogP contribution in [0.4, 0.5) is 5.69 Å².